The Labute approximate surface area is 240 Å². The summed E-state index contributed by atoms with van der Waals surface area (Å²) in [6.07, 6.45) is -7.34. The number of hydrogen-bond acceptors (Lipinski definition) is 12. The van der Waals surface area contributed by atoms with Crippen molar-refractivity contribution in [1.82, 2.24) is 14.9 Å². The van der Waals surface area contributed by atoms with Gasteiger partial charge in [0.05, 0.1) is 34.3 Å². The van der Waals surface area contributed by atoms with Crippen LogP contribution >= 0.6 is 11.6 Å². The van der Waals surface area contributed by atoms with E-state index in [0.717, 1.165) is 16.8 Å². The fraction of sp³-hybridized carbons (Fsp3) is 0.400. The number of nitrogens with zero attached hydrogens (tertiary/aromatic N) is 3. The second kappa shape index (κ2) is 12.4. The van der Waals surface area contributed by atoms with E-state index in [0.29, 0.717) is 6.07 Å². The number of benzene rings is 1. The third-order valence-corrected chi connectivity index (χ3v) is 7.06. The van der Waals surface area contributed by atoms with Crippen LogP contribution in [0.1, 0.15) is 10.4 Å². The molecule has 3 aromatic rings. The predicted octanol–water partition coefficient (Wildman–Crippen LogP) is -0.961. The Kier molecular flexibility index (Phi) is 9.27. The molecular formula is C25H27ClF3N5O8. The van der Waals surface area contributed by atoms with Crippen LogP contribution in [0.25, 0.3) is 16.7 Å². The van der Waals surface area contributed by atoms with Crippen LogP contribution in [0.2, 0.25) is 5.02 Å². The van der Waals surface area contributed by atoms with Gasteiger partial charge in [-0.05, 0) is 13.1 Å². The summed E-state index contributed by atoms with van der Waals surface area (Å²) in [4.78, 5) is 31.8. The maximum Gasteiger partial charge on any atom is 0.344 e. The van der Waals surface area contributed by atoms with Crippen molar-refractivity contribution < 1.29 is 48.2 Å². The van der Waals surface area contributed by atoms with Crippen molar-refractivity contribution in [2.75, 3.05) is 43.9 Å². The van der Waals surface area contributed by atoms with E-state index >= 15 is 8.78 Å². The zero-order chi connectivity index (χ0) is 31.0. The van der Waals surface area contributed by atoms with E-state index in [1.165, 1.54) is 11.9 Å². The first-order chi connectivity index (χ1) is 19.8. The fourth-order valence-electron chi connectivity index (χ4n) is 4.47. The van der Waals surface area contributed by atoms with E-state index in [1.54, 1.807) is 0 Å². The smallest absolute Gasteiger partial charge is 0.344 e. The van der Waals surface area contributed by atoms with Crippen molar-refractivity contribution in [3.63, 3.8) is 0 Å². The minimum Gasteiger partial charge on any atom is -0.454 e. The number of aromatic nitrogens is 2. The van der Waals surface area contributed by atoms with Crippen LogP contribution in [0.5, 0.6) is 0 Å². The van der Waals surface area contributed by atoms with Gasteiger partial charge in [0.25, 0.3) is 0 Å². The first kappa shape index (κ1) is 31.4. The predicted molar refractivity (Wildman–Crippen MR) is 143 cm³/mol. The van der Waals surface area contributed by atoms with E-state index in [1.807, 2.05) is 0 Å². The van der Waals surface area contributed by atoms with Crippen LogP contribution in [0.4, 0.5) is 24.7 Å². The minimum atomic E-state index is -1.97. The number of carbonyl (C=O) groups is 1. The zero-order valence-electron chi connectivity index (χ0n) is 21.8. The summed E-state index contributed by atoms with van der Waals surface area (Å²) in [5.41, 5.74) is 3.00. The van der Waals surface area contributed by atoms with Gasteiger partial charge >= 0.3 is 5.97 Å². The number of nitrogens with one attached hydrogen (secondary N) is 1. The van der Waals surface area contributed by atoms with Gasteiger partial charge in [-0.15, -0.1) is 0 Å². The van der Waals surface area contributed by atoms with Crippen LogP contribution in [0, 0.1) is 17.5 Å². The average molecular weight is 618 g/mol. The van der Waals surface area contributed by atoms with Crippen LogP contribution < -0.4 is 21.4 Å². The number of anilines is 2. The van der Waals surface area contributed by atoms with Crippen molar-refractivity contribution in [3.8, 4) is 5.82 Å². The molecule has 0 spiro atoms. The van der Waals surface area contributed by atoms with Gasteiger partial charge in [0.2, 0.25) is 5.43 Å². The van der Waals surface area contributed by atoms with Crippen LogP contribution in [0.3, 0.4) is 0 Å². The highest BCUT2D eigenvalue weighted by molar-refractivity contribution is 6.38. The first-order valence-electron chi connectivity index (χ1n) is 12.4. The van der Waals surface area contributed by atoms with Crippen molar-refractivity contribution in [3.05, 3.63) is 56.6 Å². The number of likely N-dealkylation sites (N-methyl/N-ethyl adjacent to an activating group) is 1. The highest BCUT2D eigenvalue weighted by atomic mass is 35.5. The summed E-state index contributed by atoms with van der Waals surface area (Å²) >= 11 is 6.52. The molecular weight excluding hydrogens is 591 g/mol. The molecule has 17 heteroatoms. The maximum absolute atomic E-state index is 15.3. The summed E-state index contributed by atoms with van der Waals surface area (Å²) in [6.45, 7) is -1.24. The van der Waals surface area contributed by atoms with Crippen molar-refractivity contribution in [1.29, 1.82) is 0 Å². The SMILES string of the molecule is CNC[C@H](OC(=O)c1cn(-c2nc(N)c(F)cc2F)c2c(Cl)c(N3CC(O)C3)c(F)cc2c1=O)[C@@H](O)[C@H](O)[C@H](O)CO. The van der Waals surface area contributed by atoms with Crippen molar-refractivity contribution in [2.24, 2.45) is 0 Å². The highest BCUT2D eigenvalue weighted by Gasteiger charge is 2.35. The maximum atomic E-state index is 15.3. The third kappa shape index (κ3) is 5.74. The van der Waals surface area contributed by atoms with Gasteiger partial charge in [0, 0.05) is 31.9 Å². The lowest BCUT2D eigenvalue weighted by Gasteiger charge is -2.38. The molecule has 8 N–H and O–H groups in total. The lowest BCUT2D eigenvalue weighted by molar-refractivity contribution is -0.116. The standard InChI is InChI=1S/C25H27ClF3N5O8/c1-31-4-16(22(40)21(39)15(37)8-35)42-25(41)11-7-34(24-14(29)3-13(28)23(30)32-24)18-10(20(11)38)2-12(27)19(17(18)26)33-5-9(36)6-33/h2-3,7,9,15-16,21-22,31,35-37,39-40H,4-6,8H2,1H3,(H2,30,32)/t15-,16+,21-,22-/m1/s1. The van der Waals surface area contributed by atoms with Crippen molar-refractivity contribution >= 4 is 40.0 Å². The number of rotatable bonds is 10. The molecule has 0 amide bonds. The molecule has 228 valence electrons. The molecule has 4 atom stereocenters. The van der Waals surface area contributed by atoms with Crippen molar-refractivity contribution in [2.45, 2.75) is 30.5 Å². The number of ether oxygens (including phenoxy) is 1. The number of nitrogen functional groups attached to an aromatic ring is 1. The average Bonchev–Trinajstić information content (AvgIpc) is 2.93. The Balaban J connectivity index is 1.92. The fourth-order valence-corrected chi connectivity index (χ4v) is 4.88. The second-order valence-corrected chi connectivity index (χ2v) is 9.99. The van der Waals surface area contributed by atoms with Gasteiger partial charge in [-0.3, -0.25) is 9.36 Å². The number of pyridine rings is 2. The molecule has 0 radical (unpaired) electrons. The summed E-state index contributed by atoms with van der Waals surface area (Å²) in [6, 6.07) is 1.14. The molecule has 1 saturated heterocycles. The Morgan fingerprint density at radius 2 is 1.86 bits per heavy atom. The molecule has 1 fully saturated rings. The quantitative estimate of drug-likeness (QED) is 0.138. The lowest BCUT2D eigenvalue weighted by atomic mass is 10.0. The summed E-state index contributed by atoms with van der Waals surface area (Å²) in [5.74, 6) is -6.41. The lowest BCUT2D eigenvalue weighted by Crippen LogP contribution is -2.51. The van der Waals surface area contributed by atoms with E-state index in [9.17, 15) is 34.4 Å². The molecule has 42 heavy (non-hydrogen) atoms. The number of halogens is 4. The number of β-amino-alcohol motifs (C(OH)–C–C–N with tert-alkyl or cyclic N) is 1. The summed E-state index contributed by atoms with van der Waals surface area (Å²) in [5, 5.41) is 50.6. The topological polar surface area (TPSA) is 204 Å². The highest BCUT2D eigenvalue weighted by Crippen LogP contribution is 2.38. The molecule has 3 heterocycles. The summed E-state index contributed by atoms with van der Waals surface area (Å²) in [7, 11) is 1.40. The van der Waals surface area contributed by atoms with E-state index in [4.69, 9.17) is 27.2 Å². The monoisotopic (exact) mass is 617 g/mol. The van der Waals surface area contributed by atoms with Gasteiger partial charge in [0.15, 0.2) is 23.3 Å². The van der Waals surface area contributed by atoms with E-state index in [-0.39, 0.29) is 30.8 Å². The van der Waals surface area contributed by atoms with Gasteiger partial charge < -0.3 is 46.2 Å². The molecule has 1 aliphatic heterocycles. The third-order valence-electron chi connectivity index (χ3n) is 6.70. The zero-order valence-corrected chi connectivity index (χ0v) is 22.6. The van der Waals surface area contributed by atoms with Gasteiger partial charge in [-0.25, -0.2) is 22.9 Å². The number of nitrogens with two attached hydrogens (primary N) is 1. The van der Waals surface area contributed by atoms with Gasteiger partial charge in [0.1, 0.15) is 35.8 Å². The summed E-state index contributed by atoms with van der Waals surface area (Å²) < 4.78 is 50.3. The molecule has 13 nitrogen and oxygen atoms in total. The van der Waals surface area contributed by atoms with E-state index < -0.39 is 93.6 Å². The Bertz CT molecular complexity index is 1570. The first-order valence-corrected chi connectivity index (χ1v) is 12.8. The van der Waals surface area contributed by atoms with Gasteiger partial charge in [-0.2, -0.15) is 0 Å². The number of hydrogen-bond donors (Lipinski definition) is 7. The minimum absolute atomic E-state index is 0.00109. The molecule has 0 saturated carbocycles. The molecule has 0 bridgehead atoms. The Morgan fingerprint density at radius 3 is 2.45 bits per heavy atom. The van der Waals surface area contributed by atoms with Crippen LogP contribution in [0.15, 0.2) is 23.1 Å². The van der Waals surface area contributed by atoms with Crippen LogP contribution in [-0.4, -0.2) is 105 Å². The van der Waals surface area contributed by atoms with Crippen LogP contribution in [-0.2, 0) is 4.74 Å². The molecule has 2 aromatic heterocycles. The Hall–Kier alpha value is -3.51. The number of aliphatic hydroxyl groups excluding tert-OH is 5. The number of esters is 1. The Morgan fingerprint density at radius 1 is 1.19 bits per heavy atom. The largest absolute Gasteiger partial charge is 0.454 e. The molecule has 0 aliphatic carbocycles. The molecule has 0 unspecified atom stereocenters. The number of fused-ring (bicyclic) bond motifs is 1. The molecule has 1 aromatic carbocycles. The van der Waals surface area contributed by atoms with Gasteiger partial charge in [-0.1, -0.05) is 11.6 Å². The number of aliphatic hydroxyl groups is 5. The number of carbonyl (C=O) groups excluding carboxylic acids is 1. The molecule has 1 aliphatic rings. The van der Waals surface area contributed by atoms with E-state index in [2.05, 4.69) is 10.3 Å². The second-order valence-electron chi connectivity index (χ2n) is 9.61. The molecule has 4 rings (SSSR count). The normalized spacial score (nSPS) is 16.7.